The van der Waals surface area contributed by atoms with Crippen LogP contribution in [0.25, 0.3) is 0 Å². The summed E-state index contributed by atoms with van der Waals surface area (Å²) in [5.41, 5.74) is -0.810. The second-order valence-corrected chi connectivity index (χ2v) is 5.94. The molecule has 1 unspecified atom stereocenters. The van der Waals surface area contributed by atoms with Gasteiger partial charge in [-0.2, -0.15) is 0 Å². The molecule has 24 heavy (non-hydrogen) atoms. The normalized spacial score (nSPS) is 13.4. The summed E-state index contributed by atoms with van der Waals surface area (Å²) in [6.07, 6.45) is 1.55. The van der Waals surface area contributed by atoms with Gasteiger partial charge in [0.25, 0.3) is 5.91 Å². The summed E-state index contributed by atoms with van der Waals surface area (Å²) in [6, 6.07) is 7.06. The Kier molecular flexibility index (Phi) is 5.62. The summed E-state index contributed by atoms with van der Waals surface area (Å²) in [5, 5.41) is 13.2. The van der Waals surface area contributed by atoms with Crippen LogP contribution in [0.1, 0.15) is 42.6 Å². The van der Waals surface area contributed by atoms with E-state index in [2.05, 4.69) is 29.0 Å². The van der Waals surface area contributed by atoms with Crippen molar-refractivity contribution in [3.8, 4) is 0 Å². The molecule has 0 radical (unpaired) electrons. The predicted octanol–water partition coefficient (Wildman–Crippen LogP) is 2.47. The van der Waals surface area contributed by atoms with Crippen molar-refractivity contribution in [1.29, 1.82) is 0 Å². The monoisotopic (exact) mass is 331 g/mol. The lowest BCUT2D eigenvalue weighted by molar-refractivity contribution is 0.0323. The van der Waals surface area contributed by atoms with Crippen molar-refractivity contribution >= 4 is 11.7 Å². The smallest absolute Gasteiger partial charge is 0.252 e. The standard InChI is InChI=1S/C18H25N3O3/c1-5-21(6-2)16-10-8-14(11-19-16)17(22)20-12-18(4,23)15-9-7-13(3)24-15/h7-11,23H,5-6,12H2,1-4H3,(H,20,22). The number of carbonyl (C=O) groups excluding carboxylic acids is 1. The zero-order valence-electron chi connectivity index (χ0n) is 14.7. The number of hydrogen-bond donors (Lipinski definition) is 2. The Bertz CT molecular complexity index is 673. The van der Waals surface area contributed by atoms with E-state index < -0.39 is 5.60 Å². The van der Waals surface area contributed by atoms with Crippen LogP contribution < -0.4 is 10.2 Å². The van der Waals surface area contributed by atoms with Gasteiger partial charge in [0.05, 0.1) is 12.1 Å². The molecule has 0 aromatic carbocycles. The molecule has 0 saturated heterocycles. The summed E-state index contributed by atoms with van der Waals surface area (Å²) >= 11 is 0. The number of anilines is 1. The molecule has 2 rings (SSSR count). The van der Waals surface area contributed by atoms with E-state index in [-0.39, 0.29) is 12.5 Å². The first-order valence-electron chi connectivity index (χ1n) is 8.16. The first kappa shape index (κ1) is 18.0. The maximum atomic E-state index is 12.2. The van der Waals surface area contributed by atoms with Gasteiger partial charge in [0.1, 0.15) is 22.9 Å². The Morgan fingerprint density at radius 3 is 2.50 bits per heavy atom. The van der Waals surface area contributed by atoms with E-state index in [0.29, 0.717) is 17.1 Å². The molecule has 6 heteroatoms. The molecular weight excluding hydrogens is 306 g/mol. The van der Waals surface area contributed by atoms with E-state index in [1.807, 2.05) is 6.07 Å². The van der Waals surface area contributed by atoms with Gasteiger partial charge in [-0.3, -0.25) is 4.79 Å². The number of aryl methyl sites for hydroxylation is 1. The van der Waals surface area contributed by atoms with Crippen molar-refractivity contribution in [2.75, 3.05) is 24.5 Å². The summed E-state index contributed by atoms with van der Waals surface area (Å²) < 4.78 is 5.43. The van der Waals surface area contributed by atoms with Crippen LogP contribution in [-0.4, -0.2) is 35.6 Å². The van der Waals surface area contributed by atoms with Gasteiger partial charge >= 0.3 is 0 Å². The van der Waals surface area contributed by atoms with Crippen molar-refractivity contribution in [2.24, 2.45) is 0 Å². The average molecular weight is 331 g/mol. The van der Waals surface area contributed by atoms with Crippen LogP contribution >= 0.6 is 0 Å². The highest BCUT2D eigenvalue weighted by Crippen LogP contribution is 2.22. The Labute approximate surface area is 142 Å². The summed E-state index contributed by atoms with van der Waals surface area (Å²) in [6.45, 7) is 9.31. The van der Waals surface area contributed by atoms with E-state index in [4.69, 9.17) is 4.42 Å². The second-order valence-electron chi connectivity index (χ2n) is 5.94. The number of aromatic nitrogens is 1. The fraction of sp³-hybridized carbons (Fsp3) is 0.444. The van der Waals surface area contributed by atoms with Gasteiger partial charge in [0.15, 0.2) is 0 Å². The van der Waals surface area contributed by atoms with E-state index in [1.165, 1.54) is 0 Å². The molecule has 130 valence electrons. The molecule has 2 aromatic heterocycles. The van der Waals surface area contributed by atoms with Crippen molar-refractivity contribution in [3.05, 3.63) is 47.5 Å². The molecule has 1 amide bonds. The van der Waals surface area contributed by atoms with Crippen LogP contribution in [0, 0.1) is 6.92 Å². The SMILES string of the molecule is CCN(CC)c1ccc(C(=O)NCC(C)(O)c2ccc(C)o2)cn1. The lowest BCUT2D eigenvalue weighted by atomic mass is 10.0. The number of nitrogens with zero attached hydrogens (tertiary/aromatic N) is 2. The predicted molar refractivity (Wildman–Crippen MR) is 93.1 cm³/mol. The minimum Gasteiger partial charge on any atom is -0.463 e. The van der Waals surface area contributed by atoms with Crippen LogP contribution in [0.2, 0.25) is 0 Å². The Balaban J connectivity index is 1.99. The molecule has 0 bridgehead atoms. The van der Waals surface area contributed by atoms with Crippen LogP contribution in [0.3, 0.4) is 0 Å². The van der Waals surface area contributed by atoms with Gasteiger partial charge in [-0.15, -0.1) is 0 Å². The molecule has 2 aromatic rings. The second kappa shape index (κ2) is 7.49. The van der Waals surface area contributed by atoms with Crippen LogP contribution in [0.5, 0.6) is 0 Å². The molecule has 0 aliphatic heterocycles. The number of aliphatic hydroxyl groups is 1. The third-order valence-electron chi connectivity index (χ3n) is 3.96. The summed E-state index contributed by atoms with van der Waals surface area (Å²) in [5.74, 6) is 1.70. The highest BCUT2D eigenvalue weighted by atomic mass is 16.4. The molecule has 0 fully saturated rings. The number of rotatable bonds is 7. The Hall–Kier alpha value is -2.34. The number of nitrogens with one attached hydrogen (secondary N) is 1. The topological polar surface area (TPSA) is 78.6 Å². The maximum absolute atomic E-state index is 12.2. The maximum Gasteiger partial charge on any atom is 0.252 e. The molecule has 0 aliphatic rings. The first-order chi connectivity index (χ1) is 11.4. The third-order valence-corrected chi connectivity index (χ3v) is 3.96. The Morgan fingerprint density at radius 1 is 1.29 bits per heavy atom. The van der Waals surface area contributed by atoms with E-state index in [1.54, 1.807) is 38.2 Å². The van der Waals surface area contributed by atoms with Crippen molar-refractivity contribution < 1.29 is 14.3 Å². The van der Waals surface area contributed by atoms with Gasteiger partial charge in [-0.05, 0) is 52.0 Å². The number of carbonyl (C=O) groups is 1. The van der Waals surface area contributed by atoms with E-state index in [0.717, 1.165) is 18.9 Å². The van der Waals surface area contributed by atoms with Crippen molar-refractivity contribution in [3.63, 3.8) is 0 Å². The molecule has 0 aliphatic carbocycles. The minimum absolute atomic E-state index is 0.0522. The number of hydrogen-bond acceptors (Lipinski definition) is 5. The molecule has 1 atom stereocenters. The van der Waals surface area contributed by atoms with Gasteiger partial charge < -0.3 is 19.7 Å². The molecule has 0 spiro atoms. The highest BCUT2D eigenvalue weighted by molar-refractivity contribution is 5.94. The fourth-order valence-electron chi connectivity index (χ4n) is 2.42. The number of amides is 1. The minimum atomic E-state index is -1.27. The summed E-state index contributed by atoms with van der Waals surface area (Å²) in [7, 11) is 0. The number of pyridine rings is 1. The van der Waals surface area contributed by atoms with Gasteiger partial charge in [-0.1, -0.05) is 0 Å². The quantitative estimate of drug-likeness (QED) is 0.815. The van der Waals surface area contributed by atoms with Crippen LogP contribution in [0.15, 0.2) is 34.9 Å². The first-order valence-corrected chi connectivity index (χ1v) is 8.16. The Morgan fingerprint density at radius 2 is 2.00 bits per heavy atom. The van der Waals surface area contributed by atoms with Gasteiger partial charge in [0, 0.05) is 19.3 Å². The summed E-state index contributed by atoms with van der Waals surface area (Å²) in [4.78, 5) is 18.7. The molecule has 0 saturated carbocycles. The zero-order valence-corrected chi connectivity index (χ0v) is 14.7. The zero-order chi connectivity index (χ0) is 17.7. The van der Waals surface area contributed by atoms with Crippen molar-refractivity contribution in [1.82, 2.24) is 10.3 Å². The van der Waals surface area contributed by atoms with Crippen LogP contribution in [-0.2, 0) is 5.60 Å². The third kappa shape index (κ3) is 4.14. The largest absolute Gasteiger partial charge is 0.463 e. The average Bonchev–Trinajstić information content (AvgIpc) is 3.02. The lowest BCUT2D eigenvalue weighted by Gasteiger charge is -2.21. The molecule has 6 nitrogen and oxygen atoms in total. The number of furan rings is 1. The van der Waals surface area contributed by atoms with Gasteiger partial charge in [0.2, 0.25) is 0 Å². The highest BCUT2D eigenvalue weighted by Gasteiger charge is 2.27. The van der Waals surface area contributed by atoms with E-state index >= 15 is 0 Å². The molecule has 2 heterocycles. The van der Waals surface area contributed by atoms with Gasteiger partial charge in [-0.25, -0.2) is 4.98 Å². The molecular formula is C18H25N3O3. The van der Waals surface area contributed by atoms with Crippen molar-refractivity contribution in [2.45, 2.75) is 33.3 Å². The lowest BCUT2D eigenvalue weighted by Crippen LogP contribution is -2.38. The fourth-order valence-corrected chi connectivity index (χ4v) is 2.42. The van der Waals surface area contributed by atoms with Crippen LogP contribution in [0.4, 0.5) is 5.82 Å². The molecule has 2 N–H and O–H groups in total. The van der Waals surface area contributed by atoms with E-state index in [9.17, 15) is 9.90 Å².